The molecule has 3 aliphatic rings. The van der Waals surface area contributed by atoms with Gasteiger partial charge in [0.1, 0.15) is 6.10 Å². The molecular formula is C26H46N2O2. The smallest absolute Gasteiger partial charge is 0.311 e. The maximum Gasteiger partial charge on any atom is 0.311 e. The van der Waals surface area contributed by atoms with Gasteiger partial charge in [0.25, 0.3) is 0 Å². The van der Waals surface area contributed by atoms with Gasteiger partial charge in [0, 0.05) is 12.5 Å². The van der Waals surface area contributed by atoms with Crippen LogP contribution in [-0.4, -0.2) is 49.7 Å². The van der Waals surface area contributed by atoms with E-state index in [1.807, 2.05) is 0 Å². The number of hydrogen-bond acceptors (Lipinski definition) is 4. The van der Waals surface area contributed by atoms with Crippen LogP contribution in [0.5, 0.6) is 0 Å². The van der Waals surface area contributed by atoms with E-state index in [1.165, 1.54) is 58.0 Å². The quantitative estimate of drug-likeness (QED) is 0.269. The first-order chi connectivity index (χ1) is 14.5. The van der Waals surface area contributed by atoms with Crippen LogP contribution < -0.4 is 5.32 Å². The average molecular weight is 419 g/mol. The number of rotatable bonds is 12. The van der Waals surface area contributed by atoms with E-state index in [0.29, 0.717) is 5.92 Å². The molecule has 0 aromatic heterocycles. The van der Waals surface area contributed by atoms with Crippen LogP contribution in [0.1, 0.15) is 85.5 Å². The van der Waals surface area contributed by atoms with Crippen LogP contribution in [0.2, 0.25) is 0 Å². The topological polar surface area (TPSA) is 41.6 Å². The van der Waals surface area contributed by atoms with Gasteiger partial charge in [-0.05, 0) is 76.0 Å². The second-order valence-electron chi connectivity index (χ2n) is 10.4. The van der Waals surface area contributed by atoms with Crippen LogP contribution in [0.3, 0.4) is 0 Å². The Kier molecular flexibility index (Phi) is 8.82. The molecule has 1 heterocycles. The largest absolute Gasteiger partial charge is 0.461 e. The standard InChI is InChI=1S/C26H46N2O2/c1-5-7-14-28(15-8-6-2)16-10-13-27-19-22-21-17-23-20(3)11-9-12-26(23,4)18-24(21)30-25(22)29/h17,20-22,24,27H,5-16,18-19H2,1-4H3/t20-,21-,22-,24+,26-/m0/s1. The molecule has 0 spiro atoms. The molecule has 0 unspecified atom stereocenters. The summed E-state index contributed by atoms with van der Waals surface area (Å²) in [7, 11) is 0. The minimum Gasteiger partial charge on any atom is -0.461 e. The zero-order valence-electron chi connectivity index (χ0n) is 20.0. The summed E-state index contributed by atoms with van der Waals surface area (Å²) in [4.78, 5) is 15.3. The number of allylic oxidation sites excluding steroid dienone is 1. The van der Waals surface area contributed by atoms with E-state index in [-0.39, 0.29) is 29.3 Å². The lowest BCUT2D eigenvalue weighted by atomic mass is 9.59. The van der Waals surface area contributed by atoms with Gasteiger partial charge in [0.2, 0.25) is 0 Å². The second-order valence-corrected chi connectivity index (χ2v) is 10.4. The lowest BCUT2D eigenvalue weighted by molar-refractivity contribution is -0.145. The van der Waals surface area contributed by atoms with E-state index >= 15 is 0 Å². The molecule has 4 nitrogen and oxygen atoms in total. The maximum atomic E-state index is 12.6. The van der Waals surface area contributed by atoms with Gasteiger partial charge in [-0.2, -0.15) is 0 Å². The molecule has 2 aliphatic carbocycles. The monoisotopic (exact) mass is 418 g/mol. The molecule has 4 heteroatoms. The Labute approximate surface area is 185 Å². The van der Waals surface area contributed by atoms with Crippen molar-refractivity contribution in [2.45, 2.75) is 91.6 Å². The molecule has 1 N–H and O–H groups in total. The Morgan fingerprint density at radius 2 is 1.87 bits per heavy atom. The van der Waals surface area contributed by atoms with Gasteiger partial charge in [0.15, 0.2) is 0 Å². The van der Waals surface area contributed by atoms with E-state index in [4.69, 9.17) is 4.74 Å². The fourth-order valence-corrected chi connectivity index (χ4v) is 6.07. The molecule has 0 aromatic rings. The van der Waals surface area contributed by atoms with Gasteiger partial charge < -0.3 is 15.0 Å². The number of unbranched alkanes of at least 4 members (excludes halogenated alkanes) is 2. The fraction of sp³-hybridized carbons (Fsp3) is 0.885. The third-order valence-electron chi connectivity index (χ3n) is 7.93. The first kappa shape index (κ1) is 23.8. The predicted octanol–water partition coefficient (Wildman–Crippen LogP) is 5.18. The van der Waals surface area contributed by atoms with Crippen LogP contribution in [0, 0.1) is 23.2 Å². The number of fused-ring (bicyclic) bond motifs is 2. The number of esters is 1. The highest BCUT2D eigenvalue weighted by Gasteiger charge is 2.51. The summed E-state index contributed by atoms with van der Waals surface area (Å²) in [5.41, 5.74) is 1.86. The lowest BCUT2D eigenvalue weighted by Crippen LogP contribution is -2.40. The number of nitrogens with one attached hydrogen (secondary N) is 1. The minimum absolute atomic E-state index is 0.00235. The molecule has 172 valence electrons. The van der Waals surface area contributed by atoms with Crippen LogP contribution in [0.25, 0.3) is 0 Å². The Morgan fingerprint density at radius 3 is 2.57 bits per heavy atom. The van der Waals surface area contributed by atoms with E-state index in [0.717, 1.165) is 32.5 Å². The molecule has 1 saturated heterocycles. The highest BCUT2D eigenvalue weighted by atomic mass is 16.6. The van der Waals surface area contributed by atoms with Crippen molar-refractivity contribution in [1.82, 2.24) is 10.2 Å². The summed E-state index contributed by atoms with van der Waals surface area (Å²) >= 11 is 0. The molecular weight excluding hydrogens is 372 g/mol. The van der Waals surface area contributed by atoms with Gasteiger partial charge >= 0.3 is 5.97 Å². The second kappa shape index (κ2) is 11.1. The van der Waals surface area contributed by atoms with Crippen LogP contribution in [0.4, 0.5) is 0 Å². The number of nitrogens with zero attached hydrogens (tertiary/aromatic N) is 1. The summed E-state index contributed by atoms with van der Waals surface area (Å²) < 4.78 is 5.88. The third-order valence-corrected chi connectivity index (χ3v) is 7.93. The Hall–Kier alpha value is -0.870. The minimum atomic E-state index is -0.00235. The summed E-state index contributed by atoms with van der Waals surface area (Å²) in [6.45, 7) is 14.7. The van der Waals surface area contributed by atoms with Crippen molar-refractivity contribution in [3.05, 3.63) is 11.6 Å². The Balaban J connectivity index is 1.48. The third kappa shape index (κ3) is 5.68. The Morgan fingerprint density at radius 1 is 1.17 bits per heavy atom. The van der Waals surface area contributed by atoms with E-state index < -0.39 is 0 Å². The van der Waals surface area contributed by atoms with Crippen LogP contribution in [0.15, 0.2) is 11.6 Å². The highest BCUT2D eigenvalue weighted by molar-refractivity contribution is 5.76. The summed E-state index contributed by atoms with van der Waals surface area (Å²) in [5.74, 6) is 0.958. The summed E-state index contributed by atoms with van der Waals surface area (Å²) in [5, 5.41) is 3.59. The maximum absolute atomic E-state index is 12.6. The fourth-order valence-electron chi connectivity index (χ4n) is 6.07. The molecule has 1 saturated carbocycles. The van der Waals surface area contributed by atoms with Crippen molar-refractivity contribution in [2.24, 2.45) is 23.2 Å². The predicted molar refractivity (Wildman–Crippen MR) is 124 cm³/mol. The zero-order chi connectivity index (χ0) is 21.6. The van der Waals surface area contributed by atoms with E-state index in [1.54, 1.807) is 5.57 Å². The molecule has 3 rings (SSSR count). The van der Waals surface area contributed by atoms with E-state index in [2.05, 4.69) is 44.0 Å². The normalized spacial score (nSPS) is 33.2. The molecule has 0 bridgehead atoms. The number of carbonyl (C=O) groups is 1. The van der Waals surface area contributed by atoms with Gasteiger partial charge in [0.05, 0.1) is 5.92 Å². The molecule has 30 heavy (non-hydrogen) atoms. The zero-order valence-corrected chi connectivity index (χ0v) is 20.0. The number of hydrogen-bond donors (Lipinski definition) is 1. The van der Waals surface area contributed by atoms with Crippen molar-refractivity contribution in [3.8, 4) is 0 Å². The molecule has 1 aliphatic heterocycles. The van der Waals surface area contributed by atoms with Gasteiger partial charge in [-0.25, -0.2) is 0 Å². The van der Waals surface area contributed by atoms with Crippen LogP contribution >= 0.6 is 0 Å². The van der Waals surface area contributed by atoms with Gasteiger partial charge in [-0.1, -0.05) is 58.6 Å². The van der Waals surface area contributed by atoms with Crippen molar-refractivity contribution in [1.29, 1.82) is 0 Å². The first-order valence-electron chi connectivity index (χ1n) is 12.8. The molecule has 0 aromatic carbocycles. The number of ether oxygens (including phenoxy) is 1. The molecule has 2 fully saturated rings. The van der Waals surface area contributed by atoms with E-state index in [9.17, 15) is 4.79 Å². The number of carbonyl (C=O) groups excluding carboxylic acids is 1. The van der Waals surface area contributed by atoms with Gasteiger partial charge in [-0.15, -0.1) is 0 Å². The van der Waals surface area contributed by atoms with Gasteiger partial charge in [-0.3, -0.25) is 4.79 Å². The lowest BCUT2D eigenvalue weighted by Gasteiger charge is -2.46. The van der Waals surface area contributed by atoms with Crippen molar-refractivity contribution in [2.75, 3.05) is 32.7 Å². The van der Waals surface area contributed by atoms with Crippen molar-refractivity contribution in [3.63, 3.8) is 0 Å². The first-order valence-corrected chi connectivity index (χ1v) is 12.8. The molecule has 0 amide bonds. The molecule has 0 radical (unpaired) electrons. The van der Waals surface area contributed by atoms with Crippen LogP contribution in [-0.2, 0) is 9.53 Å². The summed E-state index contributed by atoms with van der Waals surface area (Å²) in [6, 6.07) is 0. The average Bonchev–Trinajstić information content (AvgIpc) is 3.01. The molecule has 5 atom stereocenters. The SMILES string of the molecule is CCCCN(CCCC)CCCNC[C@@H]1C(=O)O[C@@H]2C[C@]3(C)CCC[C@H](C)C3=C[C@@H]12. The van der Waals surface area contributed by atoms with Crippen molar-refractivity contribution < 1.29 is 9.53 Å². The Bertz CT molecular complexity index is 582. The summed E-state index contributed by atoms with van der Waals surface area (Å²) in [6.07, 6.45) is 13.7. The highest BCUT2D eigenvalue weighted by Crippen LogP contribution is 2.53. The van der Waals surface area contributed by atoms with Crippen molar-refractivity contribution >= 4 is 5.97 Å².